The van der Waals surface area contributed by atoms with Gasteiger partial charge >= 0.3 is 0 Å². The van der Waals surface area contributed by atoms with Crippen molar-refractivity contribution in [3.8, 4) is 5.75 Å². The minimum Gasteiger partial charge on any atom is -0.508 e. The van der Waals surface area contributed by atoms with E-state index in [4.69, 9.17) is 5.11 Å². The molecule has 76 valence electrons. The average Bonchev–Trinajstić information content (AvgIpc) is 2.18. The van der Waals surface area contributed by atoms with E-state index in [-0.39, 0.29) is 11.7 Å². The first kappa shape index (κ1) is 11.0. The van der Waals surface area contributed by atoms with Crippen molar-refractivity contribution in [2.45, 2.75) is 6.42 Å². The van der Waals surface area contributed by atoms with Crippen molar-refractivity contribution >= 4 is 27.5 Å². The number of anilines is 1. The third kappa shape index (κ3) is 2.73. The van der Waals surface area contributed by atoms with Crippen LogP contribution in [0.25, 0.3) is 0 Å². The lowest BCUT2D eigenvalue weighted by Gasteiger charge is -2.16. The van der Waals surface area contributed by atoms with E-state index in [0.29, 0.717) is 11.8 Å². The topological polar surface area (TPSA) is 40.5 Å². The van der Waals surface area contributed by atoms with E-state index in [1.807, 2.05) is 0 Å². The SMILES string of the molecule is CN(C(=O)CCBr)c1ccc(O)cc1. The van der Waals surface area contributed by atoms with E-state index in [9.17, 15) is 4.79 Å². The predicted octanol–water partition coefficient (Wildman–Crippen LogP) is 2.14. The highest BCUT2D eigenvalue weighted by molar-refractivity contribution is 9.09. The van der Waals surface area contributed by atoms with E-state index < -0.39 is 0 Å². The molecule has 3 nitrogen and oxygen atoms in total. The van der Waals surface area contributed by atoms with Gasteiger partial charge in [0, 0.05) is 24.5 Å². The van der Waals surface area contributed by atoms with Gasteiger partial charge in [-0.2, -0.15) is 0 Å². The number of halogens is 1. The first-order valence-corrected chi connectivity index (χ1v) is 5.39. The molecule has 1 N–H and O–H groups in total. The zero-order valence-electron chi connectivity index (χ0n) is 7.90. The molecule has 0 radical (unpaired) electrons. The summed E-state index contributed by atoms with van der Waals surface area (Å²) in [5.41, 5.74) is 0.786. The molecule has 0 unspecified atom stereocenters. The number of rotatable bonds is 3. The third-order valence-corrected chi connectivity index (χ3v) is 2.32. The van der Waals surface area contributed by atoms with Gasteiger partial charge in [-0.1, -0.05) is 15.9 Å². The second-order valence-electron chi connectivity index (χ2n) is 2.91. The number of carbonyl (C=O) groups excluding carboxylic acids is 1. The number of aromatic hydroxyl groups is 1. The third-order valence-electron chi connectivity index (χ3n) is 1.92. The standard InChI is InChI=1S/C10H12BrNO2/c1-12(10(14)6-7-11)8-2-4-9(13)5-3-8/h2-5,13H,6-7H2,1H3. The van der Waals surface area contributed by atoms with Gasteiger partial charge in [-0.05, 0) is 24.3 Å². The van der Waals surface area contributed by atoms with Gasteiger partial charge in [0.2, 0.25) is 5.91 Å². The molecular formula is C10H12BrNO2. The van der Waals surface area contributed by atoms with Crippen LogP contribution in [0.4, 0.5) is 5.69 Å². The van der Waals surface area contributed by atoms with Crippen LogP contribution < -0.4 is 4.90 Å². The maximum absolute atomic E-state index is 11.5. The largest absolute Gasteiger partial charge is 0.508 e. The van der Waals surface area contributed by atoms with Crippen molar-refractivity contribution in [3.05, 3.63) is 24.3 Å². The van der Waals surface area contributed by atoms with Crippen molar-refractivity contribution in [3.63, 3.8) is 0 Å². The summed E-state index contributed by atoms with van der Waals surface area (Å²) in [6.07, 6.45) is 0.470. The Morgan fingerprint density at radius 1 is 1.43 bits per heavy atom. The Bertz CT molecular complexity index is 310. The fraction of sp³-hybridized carbons (Fsp3) is 0.300. The van der Waals surface area contributed by atoms with E-state index in [1.165, 1.54) is 0 Å². The number of carbonyl (C=O) groups is 1. The normalized spacial score (nSPS) is 9.86. The van der Waals surface area contributed by atoms with Gasteiger partial charge in [-0.25, -0.2) is 0 Å². The quantitative estimate of drug-likeness (QED) is 0.844. The Hall–Kier alpha value is -1.03. The molecule has 0 aliphatic rings. The number of alkyl halides is 1. The first-order valence-electron chi connectivity index (χ1n) is 4.26. The number of phenols is 1. The molecule has 0 heterocycles. The fourth-order valence-corrected chi connectivity index (χ4v) is 1.41. The summed E-state index contributed by atoms with van der Waals surface area (Å²) in [7, 11) is 1.72. The molecule has 0 bridgehead atoms. The summed E-state index contributed by atoms with van der Waals surface area (Å²) < 4.78 is 0. The summed E-state index contributed by atoms with van der Waals surface area (Å²) in [6, 6.07) is 6.55. The minimum atomic E-state index is 0.0487. The molecule has 0 atom stereocenters. The van der Waals surface area contributed by atoms with Crippen LogP contribution in [0.15, 0.2) is 24.3 Å². The van der Waals surface area contributed by atoms with Crippen LogP contribution in [0, 0.1) is 0 Å². The summed E-state index contributed by atoms with van der Waals surface area (Å²) in [5, 5.41) is 9.73. The van der Waals surface area contributed by atoms with Gasteiger partial charge in [0.1, 0.15) is 5.75 Å². The molecule has 4 heteroatoms. The number of phenolic OH excluding ortho intramolecular Hbond substituents is 1. The molecule has 0 saturated carbocycles. The molecule has 0 spiro atoms. The van der Waals surface area contributed by atoms with E-state index in [0.717, 1.165) is 5.69 Å². The second-order valence-corrected chi connectivity index (χ2v) is 3.70. The first-order chi connectivity index (χ1) is 6.65. The summed E-state index contributed by atoms with van der Waals surface area (Å²) in [5.74, 6) is 0.252. The Labute approximate surface area is 91.5 Å². The highest BCUT2D eigenvalue weighted by Gasteiger charge is 2.09. The van der Waals surface area contributed by atoms with Crippen molar-refractivity contribution < 1.29 is 9.90 Å². The number of amides is 1. The van der Waals surface area contributed by atoms with Crippen LogP contribution in [0.1, 0.15) is 6.42 Å². The number of benzene rings is 1. The second kappa shape index (κ2) is 5.00. The van der Waals surface area contributed by atoms with Crippen molar-refractivity contribution in [2.75, 3.05) is 17.3 Å². The van der Waals surface area contributed by atoms with Crippen LogP contribution in [0.2, 0.25) is 0 Å². The molecule has 1 amide bonds. The van der Waals surface area contributed by atoms with Gasteiger partial charge in [0.15, 0.2) is 0 Å². The summed E-state index contributed by atoms with van der Waals surface area (Å²) in [6.45, 7) is 0. The van der Waals surface area contributed by atoms with Gasteiger partial charge in [-0.3, -0.25) is 4.79 Å². The number of nitrogens with zero attached hydrogens (tertiary/aromatic N) is 1. The zero-order valence-corrected chi connectivity index (χ0v) is 9.49. The Morgan fingerprint density at radius 2 is 2.00 bits per heavy atom. The number of hydrogen-bond donors (Lipinski definition) is 1. The highest BCUT2D eigenvalue weighted by atomic mass is 79.9. The van der Waals surface area contributed by atoms with E-state index in [2.05, 4.69) is 15.9 Å². The van der Waals surface area contributed by atoms with Crippen LogP contribution in [0.5, 0.6) is 5.75 Å². The van der Waals surface area contributed by atoms with Crippen molar-refractivity contribution in [2.24, 2.45) is 0 Å². The van der Waals surface area contributed by atoms with Crippen LogP contribution in [-0.2, 0) is 4.79 Å². The van der Waals surface area contributed by atoms with Crippen molar-refractivity contribution in [1.29, 1.82) is 0 Å². The molecule has 14 heavy (non-hydrogen) atoms. The Balaban J connectivity index is 2.73. The molecule has 0 aliphatic carbocycles. The molecule has 0 saturated heterocycles. The maximum atomic E-state index is 11.5. The van der Waals surface area contributed by atoms with Crippen molar-refractivity contribution in [1.82, 2.24) is 0 Å². The molecular weight excluding hydrogens is 246 g/mol. The molecule has 1 aromatic rings. The minimum absolute atomic E-state index is 0.0487. The number of hydrogen-bond acceptors (Lipinski definition) is 2. The smallest absolute Gasteiger partial charge is 0.227 e. The lowest BCUT2D eigenvalue weighted by Crippen LogP contribution is -2.25. The summed E-state index contributed by atoms with van der Waals surface area (Å²) >= 11 is 3.21. The Morgan fingerprint density at radius 3 is 2.50 bits per heavy atom. The fourth-order valence-electron chi connectivity index (χ4n) is 1.07. The lowest BCUT2D eigenvalue weighted by molar-refractivity contribution is -0.117. The van der Waals surface area contributed by atoms with E-state index in [1.54, 1.807) is 36.2 Å². The van der Waals surface area contributed by atoms with Gasteiger partial charge in [0.05, 0.1) is 0 Å². The molecule has 0 fully saturated rings. The molecule has 0 aromatic heterocycles. The van der Waals surface area contributed by atoms with Gasteiger partial charge in [0.25, 0.3) is 0 Å². The van der Waals surface area contributed by atoms with Gasteiger partial charge < -0.3 is 10.0 Å². The van der Waals surface area contributed by atoms with Crippen LogP contribution in [-0.4, -0.2) is 23.4 Å². The molecule has 1 rings (SSSR count). The average molecular weight is 258 g/mol. The summed E-state index contributed by atoms with van der Waals surface area (Å²) in [4.78, 5) is 13.0. The molecule has 1 aromatic carbocycles. The highest BCUT2D eigenvalue weighted by Crippen LogP contribution is 2.17. The Kier molecular flexibility index (Phi) is 3.95. The monoisotopic (exact) mass is 257 g/mol. The molecule has 0 aliphatic heterocycles. The predicted molar refractivity (Wildman–Crippen MR) is 59.9 cm³/mol. The van der Waals surface area contributed by atoms with Crippen LogP contribution >= 0.6 is 15.9 Å². The lowest BCUT2D eigenvalue weighted by atomic mass is 10.2. The zero-order chi connectivity index (χ0) is 10.6. The van der Waals surface area contributed by atoms with Crippen LogP contribution in [0.3, 0.4) is 0 Å². The van der Waals surface area contributed by atoms with E-state index >= 15 is 0 Å². The maximum Gasteiger partial charge on any atom is 0.227 e. The van der Waals surface area contributed by atoms with Gasteiger partial charge in [-0.15, -0.1) is 0 Å².